The number of hydrogen-bond acceptors (Lipinski definition) is 4. The molecule has 2 bridgehead atoms. The van der Waals surface area contributed by atoms with E-state index >= 15 is 0 Å². The molecule has 1 saturated heterocycles. The van der Waals surface area contributed by atoms with Crippen molar-refractivity contribution in [1.82, 2.24) is 4.90 Å². The zero-order chi connectivity index (χ0) is 24.9. The third-order valence-corrected chi connectivity index (χ3v) is 8.22. The first-order chi connectivity index (χ1) is 16.3. The Bertz CT molecular complexity index is 928. The third kappa shape index (κ3) is 5.33. The molecule has 1 aliphatic heterocycles. The average molecular weight is 493 g/mol. The van der Waals surface area contributed by atoms with Crippen LogP contribution in [0.25, 0.3) is 0 Å². The summed E-state index contributed by atoms with van der Waals surface area (Å²) in [5.41, 5.74) is -0.591. The molecule has 3 fully saturated rings. The summed E-state index contributed by atoms with van der Waals surface area (Å²) in [5.74, 6) is 1.15. The number of nitrogens with zero attached hydrogens (tertiary/aromatic N) is 2. The Balaban J connectivity index is 0.00000103. The fourth-order valence-electron chi connectivity index (χ4n) is 6.38. The molecule has 2 aliphatic carbocycles. The maximum absolute atomic E-state index is 14.8. The number of rotatable bonds is 5. The van der Waals surface area contributed by atoms with Crippen molar-refractivity contribution in [2.75, 3.05) is 19.7 Å². The zero-order valence-corrected chi connectivity index (χ0v) is 20.7. The summed E-state index contributed by atoms with van der Waals surface area (Å²) < 4.78 is 20.9. The molecule has 0 spiro atoms. The van der Waals surface area contributed by atoms with Gasteiger partial charge in [0.15, 0.2) is 0 Å². The standard InChI is InChI=1S/C25H32ClFN2O2.CH2O2/c1-3-18-10-17-8-16(2)9-19(11-17)25(18,14-28)15-31-23-13-22(27)20(12-21(23)26)24(30)29-6-4-5-7-29;2-1-3/h12-13,16-19H,3-11,15H2,1-2H3;1H,(H,2,3). The lowest BCUT2D eigenvalue weighted by Crippen LogP contribution is -2.49. The van der Waals surface area contributed by atoms with Crippen LogP contribution in [-0.2, 0) is 4.79 Å². The first kappa shape index (κ1) is 26.3. The number of benzene rings is 1. The smallest absolute Gasteiger partial charge is 0.290 e. The van der Waals surface area contributed by atoms with E-state index in [0.29, 0.717) is 30.8 Å². The molecule has 1 heterocycles. The van der Waals surface area contributed by atoms with E-state index in [2.05, 4.69) is 19.9 Å². The number of hydrogen-bond donors (Lipinski definition) is 1. The van der Waals surface area contributed by atoms with Gasteiger partial charge in [0.1, 0.15) is 18.2 Å². The molecular formula is C26H34ClFN2O4. The van der Waals surface area contributed by atoms with Crippen LogP contribution >= 0.6 is 11.6 Å². The summed E-state index contributed by atoms with van der Waals surface area (Å²) >= 11 is 6.41. The highest BCUT2D eigenvalue weighted by atomic mass is 35.5. The topological polar surface area (TPSA) is 90.6 Å². The molecule has 4 rings (SSSR count). The van der Waals surface area contributed by atoms with E-state index in [1.807, 2.05) is 0 Å². The zero-order valence-electron chi connectivity index (χ0n) is 19.9. The summed E-state index contributed by atoms with van der Waals surface area (Å²) in [5, 5.41) is 17.4. The molecule has 1 N–H and O–H groups in total. The molecule has 6 nitrogen and oxygen atoms in total. The van der Waals surface area contributed by atoms with Crippen LogP contribution in [0.4, 0.5) is 4.39 Å². The van der Waals surface area contributed by atoms with Gasteiger partial charge < -0.3 is 14.7 Å². The van der Waals surface area contributed by atoms with Crippen LogP contribution in [0.3, 0.4) is 0 Å². The predicted molar refractivity (Wildman–Crippen MR) is 127 cm³/mol. The van der Waals surface area contributed by atoms with E-state index in [-0.39, 0.29) is 41.2 Å². The lowest BCUT2D eigenvalue weighted by Gasteiger charge is -2.51. The van der Waals surface area contributed by atoms with Gasteiger partial charge in [-0.05, 0) is 68.3 Å². The van der Waals surface area contributed by atoms with Gasteiger partial charge in [-0.25, -0.2) is 4.39 Å². The highest BCUT2D eigenvalue weighted by Crippen LogP contribution is 2.55. The quantitative estimate of drug-likeness (QED) is 0.525. The minimum Gasteiger partial charge on any atom is -0.490 e. The molecule has 0 aromatic heterocycles. The molecule has 186 valence electrons. The average Bonchev–Trinajstić information content (AvgIpc) is 3.35. The van der Waals surface area contributed by atoms with Crippen LogP contribution in [-0.4, -0.2) is 42.1 Å². The van der Waals surface area contributed by atoms with E-state index < -0.39 is 11.2 Å². The summed E-state index contributed by atoms with van der Waals surface area (Å²) in [6.45, 7) is 5.68. The Morgan fingerprint density at radius 2 is 2.00 bits per heavy atom. The number of carbonyl (C=O) groups is 2. The summed E-state index contributed by atoms with van der Waals surface area (Å²) in [6.07, 6.45) is 7.23. The second-order valence-corrected chi connectivity index (χ2v) is 10.4. The summed E-state index contributed by atoms with van der Waals surface area (Å²) in [6, 6.07) is 5.24. The second-order valence-electron chi connectivity index (χ2n) is 10.0. The SMILES string of the molecule is CCC1CC2CC(C)CC(C2)C1(C#N)COc1cc(F)c(C(=O)N2CCCC2)cc1Cl.O=CO. The molecule has 1 aromatic rings. The Labute approximate surface area is 206 Å². The van der Waals surface area contributed by atoms with Gasteiger partial charge in [0.25, 0.3) is 12.4 Å². The number of amides is 1. The van der Waals surface area contributed by atoms with Crippen molar-refractivity contribution in [3.8, 4) is 11.8 Å². The number of nitriles is 1. The van der Waals surface area contributed by atoms with Crippen molar-refractivity contribution in [3.63, 3.8) is 0 Å². The Morgan fingerprint density at radius 1 is 1.32 bits per heavy atom. The number of halogens is 2. The van der Waals surface area contributed by atoms with Crippen molar-refractivity contribution in [1.29, 1.82) is 5.26 Å². The number of carbonyl (C=O) groups excluding carboxylic acids is 1. The molecule has 34 heavy (non-hydrogen) atoms. The lowest BCUT2D eigenvalue weighted by molar-refractivity contribution is -0.122. The van der Waals surface area contributed by atoms with Crippen LogP contribution in [0.5, 0.6) is 5.75 Å². The van der Waals surface area contributed by atoms with E-state index in [1.165, 1.54) is 18.6 Å². The molecule has 0 radical (unpaired) electrons. The fourth-order valence-corrected chi connectivity index (χ4v) is 6.60. The van der Waals surface area contributed by atoms with Crippen molar-refractivity contribution in [2.45, 2.75) is 58.8 Å². The van der Waals surface area contributed by atoms with Crippen LogP contribution < -0.4 is 4.74 Å². The van der Waals surface area contributed by atoms with Gasteiger partial charge in [0, 0.05) is 19.2 Å². The normalized spacial score (nSPS) is 30.0. The maximum Gasteiger partial charge on any atom is 0.290 e. The van der Waals surface area contributed by atoms with Crippen molar-refractivity contribution in [3.05, 3.63) is 28.5 Å². The van der Waals surface area contributed by atoms with Crippen LogP contribution in [0.1, 0.15) is 69.2 Å². The molecular weight excluding hydrogens is 459 g/mol. The minimum atomic E-state index is -0.621. The third-order valence-electron chi connectivity index (χ3n) is 7.93. The summed E-state index contributed by atoms with van der Waals surface area (Å²) in [4.78, 5) is 22.6. The first-order valence-corrected chi connectivity index (χ1v) is 12.6. The first-order valence-electron chi connectivity index (χ1n) is 12.2. The Hall–Kier alpha value is -2.33. The summed E-state index contributed by atoms with van der Waals surface area (Å²) in [7, 11) is 0. The van der Waals surface area contributed by atoms with Gasteiger partial charge in [-0.2, -0.15) is 5.26 Å². The molecule has 8 heteroatoms. The van der Waals surface area contributed by atoms with Gasteiger partial charge in [-0.3, -0.25) is 9.59 Å². The fraction of sp³-hybridized carbons (Fsp3) is 0.654. The predicted octanol–water partition coefficient (Wildman–Crippen LogP) is 5.79. The molecule has 2 saturated carbocycles. The second kappa shape index (κ2) is 11.4. The van der Waals surface area contributed by atoms with E-state index in [0.717, 1.165) is 38.5 Å². The molecule has 1 aromatic carbocycles. The highest BCUT2D eigenvalue weighted by molar-refractivity contribution is 6.32. The van der Waals surface area contributed by atoms with Crippen LogP contribution in [0.15, 0.2) is 12.1 Å². The number of ether oxygens (including phenoxy) is 1. The van der Waals surface area contributed by atoms with E-state index in [1.54, 1.807) is 4.90 Å². The van der Waals surface area contributed by atoms with Gasteiger partial charge in [0.05, 0.1) is 22.1 Å². The van der Waals surface area contributed by atoms with E-state index in [4.69, 9.17) is 26.2 Å². The van der Waals surface area contributed by atoms with Gasteiger partial charge in [-0.1, -0.05) is 31.9 Å². The molecule has 5 atom stereocenters. The monoisotopic (exact) mass is 492 g/mol. The highest BCUT2D eigenvalue weighted by Gasteiger charge is 2.53. The number of fused-ring (bicyclic) bond motifs is 2. The molecule has 5 unspecified atom stereocenters. The Morgan fingerprint density at radius 3 is 2.62 bits per heavy atom. The maximum atomic E-state index is 14.8. The largest absolute Gasteiger partial charge is 0.490 e. The Kier molecular flexibility index (Phi) is 8.81. The minimum absolute atomic E-state index is 0.0118. The van der Waals surface area contributed by atoms with Crippen molar-refractivity contribution >= 4 is 24.0 Å². The van der Waals surface area contributed by atoms with E-state index in [9.17, 15) is 14.4 Å². The lowest BCUT2D eigenvalue weighted by atomic mass is 9.52. The number of carboxylic acid groups (broad SMARTS) is 1. The molecule has 3 aliphatic rings. The van der Waals surface area contributed by atoms with Crippen molar-refractivity contribution in [2.24, 2.45) is 29.1 Å². The van der Waals surface area contributed by atoms with Crippen LogP contribution in [0, 0.1) is 46.2 Å². The van der Waals surface area contributed by atoms with Crippen LogP contribution in [0.2, 0.25) is 5.02 Å². The van der Waals surface area contributed by atoms with Gasteiger partial charge in [0.2, 0.25) is 0 Å². The van der Waals surface area contributed by atoms with Gasteiger partial charge in [-0.15, -0.1) is 0 Å². The number of likely N-dealkylation sites (tertiary alicyclic amines) is 1. The van der Waals surface area contributed by atoms with Gasteiger partial charge >= 0.3 is 0 Å². The van der Waals surface area contributed by atoms with Crippen molar-refractivity contribution < 1.29 is 23.8 Å². The molecule has 1 amide bonds.